The third-order valence-electron chi connectivity index (χ3n) is 5.43. The van der Waals surface area contributed by atoms with Crippen molar-refractivity contribution >= 4 is 17.5 Å². The van der Waals surface area contributed by atoms with Crippen LogP contribution >= 0.6 is 0 Å². The van der Waals surface area contributed by atoms with Crippen molar-refractivity contribution in [2.24, 2.45) is 5.92 Å². The van der Waals surface area contributed by atoms with Crippen molar-refractivity contribution in [2.75, 3.05) is 39.1 Å². The largest absolute Gasteiger partial charge is 0.486 e. The Hall–Kier alpha value is -2.97. The fraction of sp³-hybridized carbons (Fsp3) is 0.435. The van der Waals surface area contributed by atoms with Gasteiger partial charge in [0.2, 0.25) is 0 Å². The number of nitrogens with zero attached hydrogens (tertiary/aromatic N) is 3. The number of rotatable bonds is 6. The Morgan fingerprint density at radius 1 is 1.32 bits per heavy atom. The summed E-state index contributed by atoms with van der Waals surface area (Å²) in [4.78, 5) is 33.8. The number of pyridine rings is 1. The highest BCUT2D eigenvalue weighted by Gasteiger charge is 2.34. The molecule has 3 rings (SSSR count). The lowest BCUT2D eigenvalue weighted by molar-refractivity contribution is 0.0365. The van der Waals surface area contributed by atoms with Crippen molar-refractivity contribution in [1.82, 2.24) is 14.8 Å². The summed E-state index contributed by atoms with van der Waals surface area (Å²) in [5.74, 6) is -0.181. The lowest BCUT2D eigenvalue weighted by Crippen LogP contribution is -2.49. The van der Waals surface area contributed by atoms with Gasteiger partial charge in [0.15, 0.2) is 5.75 Å². The maximum absolute atomic E-state index is 13.4. The molecule has 2 aromatic rings. The van der Waals surface area contributed by atoms with Gasteiger partial charge in [-0.25, -0.2) is 0 Å². The van der Waals surface area contributed by atoms with Crippen LogP contribution in [0.5, 0.6) is 5.75 Å². The minimum atomic E-state index is -0.337. The Kier molecular flexibility index (Phi) is 7.25. The van der Waals surface area contributed by atoms with Gasteiger partial charge in [0.1, 0.15) is 6.10 Å². The molecule has 1 aliphatic rings. The van der Waals surface area contributed by atoms with Crippen LogP contribution in [0.3, 0.4) is 0 Å². The van der Waals surface area contributed by atoms with Crippen molar-refractivity contribution in [3.63, 3.8) is 0 Å². The number of hydrogen-bond donors (Lipinski definition) is 2. The molecule has 0 saturated heterocycles. The van der Waals surface area contributed by atoms with Crippen molar-refractivity contribution in [3.05, 3.63) is 53.9 Å². The van der Waals surface area contributed by atoms with E-state index < -0.39 is 0 Å². The van der Waals surface area contributed by atoms with Crippen molar-refractivity contribution in [1.29, 1.82) is 0 Å². The number of aliphatic hydroxyl groups is 1. The number of anilines is 1. The van der Waals surface area contributed by atoms with Crippen LogP contribution in [0.15, 0.2) is 42.7 Å². The second-order valence-corrected chi connectivity index (χ2v) is 8.26. The number of para-hydroxylation sites is 1. The van der Waals surface area contributed by atoms with Gasteiger partial charge in [0, 0.05) is 37.0 Å². The van der Waals surface area contributed by atoms with Crippen molar-refractivity contribution in [3.8, 4) is 5.75 Å². The standard InChI is InChI=1S/C23H30N4O4/c1-15-12-27(16(2)14-28)23(30)18-6-5-7-19(21(18)31-20(15)13-26(3)4)25-22(29)17-8-10-24-11-9-17/h5-11,15-16,20,28H,12-14H2,1-4H3,(H,25,29)/t15-,16-,20-/m0/s1. The predicted molar refractivity (Wildman–Crippen MR) is 118 cm³/mol. The van der Waals surface area contributed by atoms with Gasteiger partial charge in [0.25, 0.3) is 11.8 Å². The van der Waals surface area contributed by atoms with Gasteiger partial charge >= 0.3 is 0 Å². The van der Waals surface area contributed by atoms with E-state index in [2.05, 4.69) is 10.3 Å². The van der Waals surface area contributed by atoms with E-state index in [0.29, 0.717) is 35.7 Å². The molecule has 1 aliphatic heterocycles. The average molecular weight is 427 g/mol. The summed E-state index contributed by atoms with van der Waals surface area (Å²) in [6.45, 7) is 4.82. The molecule has 0 spiro atoms. The van der Waals surface area contributed by atoms with E-state index in [1.165, 1.54) is 0 Å². The zero-order valence-corrected chi connectivity index (χ0v) is 18.4. The molecule has 0 unspecified atom stereocenters. The normalized spacial score (nSPS) is 19.8. The summed E-state index contributed by atoms with van der Waals surface area (Å²) in [6, 6.07) is 8.04. The van der Waals surface area contributed by atoms with Gasteiger partial charge in [-0.05, 0) is 45.3 Å². The molecular weight excluding hydrogens is 396 g/mol. The molecule has 2 N–H and O–H groups in total. The summed E-state index contributed by atoms with van der Waals surface area (Å²) in [5.41, 5.74) is 1.25. The fourth-order valence-electron chi connectivity index (χ4n) is 3.62. The molecule has 8 nitrogen and oxygen atoms in total. The minimum Gasteiger partial charge on any atom is -0.486 e. The Balaban J connectivity index is 2.04. The molecule has 0 radical (unpaired) electrons. The summed E-state index contributed by atoms with van der Waals surface area (Å²) >= 11 is 0. The third-order valence-corrected chi connectivity index (χ3v) is 5.43. The molecule has 3 atom stereocenters. The lowest BCUT2D eigenvalue weighted by Gasteiger charge is -2.38. The zero-order valence-electron chi connectivity index (χ0n) is 18.4. The summed E-state index contributed by atoms with van der Waals surface area (Å²) < 4.78 is 6.38. The van der Waals surface area contributed by atoms with Crippen LogP contribution in [0.25, 0.3) is 0 Å². The molecule has 1 aromatic heterocycles. The predicted octanol–water partition coefficient (Wildman–Crippen LogP) is 2.12. The molecule has 0 aliphatic carbocycles. The molecule has 8 heteroatoms. The monoisotopic (exact) mass is 426 g/mol. The summed E-state index contributed by atoms with van der Waals surface area (Å²) in [7, 11) is 3.93. The van der Waals surface area contributed by atoms with Crippen LogP contribution in [0.4, 0.5) is 5.69 Å². The van der Waals surface area contributed by atoms with Crippen LogP contribution in [-0.2, 0) is 0 Å². The van der Waals surface area contributed by atoms with E-state index in [1.54, 1.807) is 47.6 Å². The second kappa shape index (κ2) is 9.89. The number of hydrogen-bond acceptors (Lipinski definition) is 6. The topological polar surface area (TPSA) is 95.0 Å². The molecule has 2 heterocycles. The van der Waals surface area contributed by atoms with E-state index in [-0.39, 0.29) is 36.5 Å². The van der Waals surface area contributed by atoms with Crippen LogP contribution in [0.1, 0.15) is 34.6 Å². The highest BCUT2D eigenvalue weighted by Crippen LogP contribution is 2.35. The van der Waals surface area contributed by atoms with Crippen molar-refractivity contribution < 1.29 is 19.4 Å². The smallest absolute Gasteiger partial charge is 0.258 e. The number of benzene rings is 1. The van der Waals surface area contributed by atoms with E-state index in [4.69, 9.17) is 4.74 Å². The number of carbonyl (C=O) groups is 2. The van der Waals surface area contributed by atoms with Gasteiger partial charge < -0.3 is 25.0 Å². The lowest BCUT2D eigenvalue weighted by atomic mass is 9.99. The van der Waals surface area contributed by atoms with Gasteiger partial charge in [-0.15, -0.1) is 0 Å². The molecule has 0 bridgehead atoms. The second-order valence-electron chi connectivity index (χ2n) is 8.26. The number of aromatic nitrogens is 1. The Bertz CT molecular complexity index is 919. The van der Waals surface area contributed by atoms with Gasteiger partial charge in [-0.2, -0.15) is 0 Å². The zero-order chi connectivity index (χ0) is 22.5. The number of amides is 2. The number of fused-ring (bicyclic) bond motifs is 1. The van der Waals surface area contributed by atoms with Gasteiger partial charge in [0.05, 0.1) is 23.9 Å². The highest BCUT2D eigenvalue weighted by molar-refractivity contribution is 6.07. The van der Waals surface area contributed by atoms with Crippen LogP contribution in [-0.4, -0.2) is 77.6 Å². The first-order valence-electron chi connectivity index (χ1n) is 10.4. The molecule has 2 amide bonds. The number of aliphatic hydroxyl groups excluding tert-OH is 1. The van der Waals surface area contributed by atoms with Gasteiger partial charge in [-0.1, -0.05) is 13.0 Å². The average Bonchev–Trinajstić information content (AvgIpc) is 2.76. The maximum Gasteiger partial charge on any atom is 0.258 e. The summed E-state index contributed by atoms with van der Waals surface area (Å²) in [5, 5.41) is 12.6. The molecule has 0 saturated carbocycles. The number of ether oxygens (including phenoxy) is 1. The van der Waals surface area contributed by atoms with E-state index in [9.17, 15) is 14.7 Å². The first-order valence-corrected chi connectivity index (χ1v) is 10.4. The number of nitrogens with one attached hydrogen (secondary N) is 1. The van der Waals surface area contributed by atoms with E-state index in [1.807, 2.05) is 32.8 Å². The SMILES string of the molecule is C[C@H]1CN([C@@H](C)CO)C(=O)c2cccc(NC(=O)c3ccncc3)c2O[C@H]1CN(C)C. The highest BCUT2D eigenvalue weighted by atomic mass is 16.5. The quantitative estimate of drug-likeness (QED) is 0.735. The molecule has 31 heavy (non-hydrogen) atoms. The molecule has 166 valence electrons. The van der Waals surface area contributed by atoms with Crippen LogP contribution in [0.2, 0.25) is 0 Å². The third kappa shape index (κ3) is 5.21. The van der Waals surface area contributed by atoms with Gasteiger partial charge in [-0.3, -0.25) is 14.6 Å². The fourth-order valence-corrected chi connectivity index (χ4v) is 3.62. The molecule has 1 aromatic carbocycles. The van der Waals surface area contributed by atoms with Crippen LogP contribution < -0.4 is 10.1 Å². The Morgan fingerprint density at radius 2 is 2.03 bits per heavy atom. The first kappa shape index (κ1) is 22.7. The van der Waals surface area contributed by atoms with E-state index in [0.717, 1.165) is 0 Å². The Morgan fingerprint density at radius 3 is 2.68 bits per heavy atom. The number of likely N-dealkylation sites (N-methyl/N-ethyl adjacent to an activating group) is 1. The Labute approximate surface area is 182 Å². The van der Waals surface area contributed by atoms with Crippen LogP contribution in [0, 0.1) is 5.92 Å². The van der Waals surface area contributed by atoms with Crippen molar-refractivity contribution in [2.45, 2.75) is 26.0 Å². The van der Waals surface area contributed by atoms with E-state index >= 15 is 0 Å². The first-order chi connectivity index (χ1) is 14.8. The minimum absolute atomic E-state index is 0.0115. The molecular formula is C23H30N4O4. The summed E-state index contributed by atoms with van der Waals surface area (Å²) in [6.07, 6.45) is 2.88. The molecule has 0 fully saturated rings. The maximum atomic E-state index is 13.4. The number of carbonyl (C=O) groups excluding carboxylic acids is 2.